The predicted octanol–water partition coefficient (Wildman–Crippen LogP) is 4.91. The molecule has 0 aliphatic rings. The van der Waals surface area contributed by atoms with Crippen molar-refractivity contribution in [2.24, 2.45) is 0 Å². The lowest BCUT2D eigenvalue weighted by atomic mass is 10.1. The molecule has 2 amide bonds. The quantitative estimate of drug-likeness (QED) is 0.640. The maximum absolute atomic E-state index is 12.3. The molecular formula is C20H18ClN3O2S. The second-order valence-electron chi connectivity index (χ2n) is 6.02. The lowest BCUT2D eigenvalue weighted by Crippen LogP contribution is -2.23. The Kier molecular flexibility index (Phi) is 5.88. The molecule has 0 fully saturated rings. The van der Waals surface area contributed by atoms with Gasteiger partial charge >= 0.3 is 0 Å². The Labute approximate surface area is 166 Å². The van der Waals surface area contributed by atoms with Crippen LogP contribution in [-0.4, -0.2) is 16.8 Å². The van der Waals surface area contributed by atoms with Crippen molar-refractivity contribution in [3.63, 3.8) is 0 Å². The Morgan fingerprint density at radius 3 is 2.48 bits per heavy atom. The lowest BCUT2D eigenvalue weighted by molar-refractivity contribution is -0.119. The fraction of sp³-hybridized carbons (Fsp3) is 0.150. The van der Waals surface area contributed by atoms with E-state index in [2.05, 4.69) is 15.6 Å². The number of benzene rings is 2. The van der Waals surface area contributed by atoms with Gasteiger partial charge in [0.25, 0.3) is 5.91 Å². The van der Waals surface area contributed by atoms with Crippen molar-refractivity contribution in [1.82, 2.24) is 10.3 Å². The number of carbonyl (C=O) groups excluding carboxylic acids is 2. The summed E-state index contributed by atoms with van der Waals surface area (Å²) in [6.07, 6.45) is 0. The molecule has 0 spiro atoms. The third kappa shape index (κ3) is 4.72. The summed E-state index contributed by atoms with van der Waals surface area (Å²) in [4.78, 5) is 28.0. The van der Waals surface area contributed by atoms with Gasteiger partial charge in [0.05, 0.1) is 22.3 Å². The number of amides is 2. The van der Waals surface area contributed by atoms with Crippen molar-refractivity contribution in [3.05, 3.63) is 70.1 Å². The van der Waals surface area contributed by atoms with Gasteiger partial charge in [-0.05, 0) is 24.6 Å². The number of nitrogens with one attached hydrogen (secondary N) is 2. The molecular weight excluding hydrogens is 382 g/mol. The van der Waals surface area contributed by atoms with E-state index < -0.39 is 0 Å². The summed E-state index contributed by atoms with van der Waals surface area (Å²) in [5, 5.41) is 8.42. The van der Waals surface area contributed by atoms with Gasteiger partial charge in [-0.2, -0.15) is 0 Å². The number of hydrogen-bond acceptors (Lipinski definition) is 4. The molecule has 7 heteroatoms. The Bertz CT molecular complexity index is 969. The molecule has 1 unspecified atom stereocenters. The first kappa shape index (κ1) is 19.1. The Morgan fingerprint density at radius 1 is 1.11 bits per heavy atom. The molecule has 0 radical (unpaired) electrons. The van der Waals surface area contributed by atoms with E-state index in [4.69, 9.17) is 11.6 Å². The van der Waals surface area contributed by atoms with Crippen LogP contribution >= 0.6 is 22.9 Å². The highest BCUT2D eigenvalue weighted by Crippen LogP contribution is 2.27. The fourth-order valence-corrected chi connectivity index (χ4v) is 3.54. The average molecular weight is 400 g/mol. The zero-order valence-corrected chi connectivity index (χ0v) is 16.4. The van der Waals surface area contributed by atoms with Gasteiger partial charge in [0.2, 0.25) is 5.91 Å². The zero-order chi connectivity index (χ0) is 19.4. The van der Waals surface area contributed by atoms with Crippen LogP contribution in [0.25, 0.3) is 11.3 Å². The minimum Gasteiger partial charge on any atom is -0.350 e. The molecule has 27 heavy (non-hydrogen) atoms. The van der Waals surface area contributed by atoms with E-state index in [1.807, 2.05) is 36.6 Å². The molecule has 2 aromatic carbocycles. The first-order valence-corrected chi connectivity index (χ1v) is 9.58. The second-order valence-corrected chi connectivity index (χ2v) is 7.28. The van der Waals surface area contributed by atoms with Gasteiger partial charge in [0.1, 0.15) is 0 Å². The zero-order valence-electron chi connectivity index (χ0n) is 14.8. The standard InChI is InChI=1S/C20H18ClN3O2S/c1-12(22-13(2)25)14-7-9-15(10-8-14)18-11-27-20(23-18)24-19(26)16-5-3-4-6-17(16)21/h3-12H,1-2H3,(H,22,25)(H,23,24,26). The number of rotatable bonds is 5. The van der Waals surface area contributed by atoms with Crippen LogP contribution in [0.5, 0.6) is 0 Å². The highest BCUT2D eigenvalue weighted by molar-refractivity contribution is 7.14. The number of halogens is 1. The van der Waals surface area contributed by atoms with Crippen molar-refractivity contribution in [1.29, 1.82) is 0 Å². The molecule has 0 saturated carbocycles. The number of aromatic nitrogens is 1. The van der Waals surface area contributed by atoms with E-state index in [1.54, 1.807) is 24.3 Å². The summed E-state index contributed by atoms with van der Waals surface area (Å²) in [7, 11) is 0. The Hall–Kier alpha value is -2.70. The smallest absolute Gasteiger partial charge is 0.258 e. The van der Waals surface area contributed by atoms with E-state index in [-0.39, 0.29) is 17.9 Å². The van der Waals surface area contributed by atoms with Crippen LogP contribution in [0.2, 0.25) is 5.02 Å². The first-order chi connectivity index (χ1) is 12.9. The summed E-state index contributed by atoms with van der Waals surface area (Å²) in [6.45, 7) is 3.43. The molecule has 3 rings (SSSR count). The number of anilines is 1. The second kappa shape index (κ2) is 8.33. The van der Waals surface area contributed by atoms with Crippen molar-refractivity contribution in [2.75, 3.05) is 5.32 Å². The summed E-state index contributed by atoms with van der Waals surface area (Å²) in [5.74, 6) is -0.356. The molecule has 1 aromatic heterocycles. The van der Waals surface area contributed by atoms with Gasteiger partial charge in [-0.15, -0.1) is 11.3 Å². The van der Waals surface area contributed by atoms with E-state index in [0.29, 0.717) is 15.7 Å². The van der Waals surface area contributed by atoms with E-state index in [1.165, 1.54) is 18.3 Å². The van der Waals surface area contributed by atoms with Gasteiger partial charge in [-0.3, -0.25) is 14.9 Å². The minimum absolute atomic E-state index is 0.0579. The molecule has 138 valence electrons. The predicted molar refractivity (Wildman–Crippen MR) is 109 cm³/mol. The molecule has 2 N–H and O–H groups in total. The summed E-state index contributed by atoms with van der Waals surface area (Å²) in [5.41, 5.74) is 3.13. The van der Waals surface area contributed by atoms with Crippen LogP contribution in [0.4, 0.5) is 5.13 Å². The van der Waals surface area contributed by atoms with Crippen molar-refractivity contribution in [2.45, 2.75) is 19.9 Å². The van der Waals surface area contributed by atoms with Crippen molar-refractivity contribution >= 4 is 39.9 Å². The van der Waals surface area contributed by atoms with Crippen LogP contribution < -0.4 is 10.6 Å². The van der Waals surface area contributed by atoms with Crippen molar-refractivity contribution in [3.8, 4) is 11.3 Å². The molecule has 5 nitrogen and oxygen atoms in total. The van der Waals surface area contributed by atoms with Crippen molar-refractivity contribution < 1.29 is 9.59 Å². The number of hydrogen-bond donors (Lipinski definition) is 2. The number of thiazole rings is 1. The highest BCUT2D eigenvalue weighted by Gasteiger charge is 2.13. The Balaban J connectivity index is 1.71. The van der Waals surface area contributed by atoms with Gasteiger partial charge in [0.15, 0.2) is 5.13 Å². The molecule has 0 aliphatic carbocycles. The Morgan fingerprint density at radius 2 is 1.81 bits per heavy atom. The summed E-state index contributed by atoms with van der Waals surface area (Å²) >= 11 is 7.40. The molecule has 0 bridgehead atoms. The fourth-order valence-electron chi connectivity index (χ4n) is 2.60. The summed E-state index contributed by atoms with van der Waals surface area (Å²) in [6, 6.07) is 14.6. The maximum Gasteiger partial charge on any atom is 0.258 e. The normalized spacial score (nSPS) is 11.7. The molecule has 0 saturated heterocycles. The first-order valence-electron chi connectivity index (χ1n) is 8.33. The maximum atomic E-state index is 12.3. The van der Waals surface area contributed by atoms with Gasteiger partial charge in [0, 0.05) is 17.9 Å². The lowest BCUT2D eigenvalue weighted by Gasteiger charge is -2.13. The topological polar surface area (TPSA) is 71.1 Å². The van der Waals surface area contributed by atoms with Gasteiger partial charge in [-0.25, -0.2) is 4.98 Å². The van der Waals surface area contributed by atoms with Gasteiger partial charge in [-0.1, -0.05) is 48.0 Å². The van der Waals surface area contributed by atoms with Crippen LogP contribution in [0.3, 0.4) is 0 Å². The highest BCUT2D eigenvalue weighted by atomic mass is 35.5. The largest absolute Gasteiger partial charge is 0.350 e. The molecule has 3 aromatic rings. The van der Waals surface area contributed by atoms with E-state index in [0.717, 1.165) is 16.8 Å². The molecule has 1 atom stereocenters. The third-order valence-corrected chi connectivity index (χ3v) is 5.06. The minimum atomic E-state index is -0.291. The third-order valence-electron chi connectivity index (χ3n) is 3.97. The average Bonchev–Trinajstić information content (AvgIpc) is 3.10. The summed E-state index contributed by atoms with van der Waals surface area (Å²) < 4.78 is 0. The van der Waals surface area contributed by atoms with Crippen LogP contribution in [0, 0.1) is 0 Å². The monoisotopic (exact) mass is 399 g/mol. The number of carbonyl (C=O) groups is 2. The molecule has 1 heterocycles. The van der Waals surface area contributed by atoms with Gasteiger partial charge < -0.3 is 5.32 Å². The SMILES string of the molecule is CC(=O)NC(C)c1ccc(-c2csc(NC(=O)c3ccccc3Cl)n2)cc1. The number of nitrogens with zero attached hydrogens (tertiary/aromatic N) is 1. The van der Waals surface area contributed by atoms with Crippen LogP contribution in [0.15, 0.2) is 53.9 Å². The molecule has 0 aliphatic heterocycles. The van der Waals surface area contributed by atoms with E-state index >= 15 is 0 Å². The van der Waals surface area contributed by atoms with Crippen LogP contribution in [0.1, 0.15) is 35.8 Å². The van der Waals surface area contributed by atoms with E-state index in [9.17, 15) is 9.59 Å². The van der Waals surface area contributed by atoms with Crippen LogP contribution in [-0.2, 0) is 4.79 Å².